The number of halogens is 4. The highest BCUT2D eigenvalue weighted by atomic mass is 35.5. The Morgan fingerprint density at radius 1 is 1.14 bits per heavy atom. The Bertz CT molecular complexity index is 997. The maximum atomic E-state index is 13.9. The van der Waals surface area contributed by atoms with Crippen LogP contribution in [0, 0.1) is 6.92 Å². The van der Waals surface area contributed by atoms with E-state index in [1.54, 1.807) is 56.6 Å². The van der Waals surface area contributed by atoms with Crippen LogP contribution in [0.1, 0.15) is 37.1 Å². The summed E-state index contributed by atoms with van der Waals surface area (Å²) in [4.78, 5) is 7.01. The number of benzene rings is 1. The molecule has 2 aromatic heterocycles. The van der Waals surface area contributed by atoms with Gasteiger partial charge in [0.05, 0.1) is 11.7 Å². The molecule has 3 nitrogen and oxygen atoms in total. The Hall–Kier alpha value is -2.05. The number of pyridine rings is 1. The molecule has 2 heterocycles. The second-order valence-electron chi connectivity index (χ2n) is 7.99. The number of fused-ring (bicyclic) bond motifs is 1. The standard InChI is InChI=1S/C21H22ClF3N2O/c1-13-10-26-11-18-17(13)8-16(27-18)9-20(28,21(23,24)25)12-19(2,3)14-5-4-6-15(22)7-14/h4-8,10-11,27-28H,9,12H2,1-3H3. The van der Waals surface area contributed by atoms with E-state index >= 15 is 0 Å². The third-order valence-corrected chi connectivity index (χ3v) is 5.39. The van der Waals surface area contributed by atoms with Crippen molar-refractivity contribution in [3.63, 3.8) is 0 Å². The molecule has 0 aliphatic heterocycles. The Morgan fingerprint density at radius 3 is 2.46 bits per heavy atom. The normalized spacial score (nSPS) is 15.0. The minimum atomic E-state index is -4.80. The van der Waals surface area contributed by atoms with Crippen molar-refractivity contribution in [2.45, 2.75) is 50.8 Å². The van der Waals surface area contributed by atoms with Crippen molar-refractivity contribution in [1.29, 1.82) is 0 Å². The molecule has 150 valence electrons. The molecule has 2 N–H and O–H groups in total. The molecule has 7 heteroatoms. The molecule has 0 saturated carbocycles. The lowest BCUT2D eigenvalue weighted by Gasteiger charge is -2.38. The van der Waals surface area contributed by atoms with E-state index in [0.29, 0.717) is 21.8 Å². The second kappa shape index (κ2) is 7.08. The van der Waals surface area contributed by atoms with Crippen LogP contribution in [0.25, 0.3) is 10.9 Å². The van der Waals surface area contributed by atoms with E-state index in [-0.39, 0.29) is 0 Å². The van der Waals surface area contributed by atoms with Gasteiger partial charge in [-0.1, -0.05) is 37.6 Å². The molecule has 0 aliphatic carbocycles. The summed E-state index contributed by atoms with van der Waals surface area (Å²) < 4.78 is 41.8. The molecule has 0 fully saturated rings. The molecule has 0 saturated heterocycles. The predicted octanol–water partition coefficient (Wildman–Crippen LogP) is 5.73. The quantitative estimate of drug-likeness (QED) is 0.564. The largest absolute Gasteiger partial charge is 0.417 e. The summed E-state index contributed by atoms with van der Waals surface area (Å²) >= 11 is 6.01. The average molecular weight is 411 g/mol. The first kappa shape index (κ1) is 20.7. The SMILES string of the molecule is Cc1cncc2[nH]c(CC(O)(CC(C)(C)c3cccc(Cl)c3)C(F)(F)F)cc12. The highest BCUT2D eigenvalue weighted by molar-refractivity contribution is 6.30. The molecule has 0 amide bonds. The topological polar surface area (TPSA) is 48.9 Å². The number of hydrogen-bond acceptors (Lipinski definition) is 2. The highest BCUT2D eigenvalue weighted by Crippen LogP contribution is 2.43. The van der Waals surface area contributed by atoms with Gasteiger partial charge in [-0.3, -0.25) is 4.98 Å². The van der Waals surface area contributed by atoms with Crippen LogP contribution in [0.3, 0.4) is 0 Å². The van der Waals surface area contributed by atoms with Crippen LogP contribution in [-0.4, -0.2) is 26.9 Å². The van der Waals surface area contributed by atoms with Crippen LogP contribution in [0.4, 0.5) is 13.2 Å². The maximum Gasteiger partial charge on any atom is 0.417 e. The molecule has 0 spiro atoms. The number of rotatable bonds is 5. The lowest BCUT2D eigenvalue weighted by Crippen LogP contribution is -2.50. The lowest BCUT2D eigenvalue weighted by molar-refractivity contribution is -0.266. The minimum absolute atomic E-state index is 0.313. The summed E-state index contributed by atoms with van der Waals surface area (Å²) in [6.07, 6.45) is -2.66. The summed E-state index contributed by atoms with van der Waals surface area (Å²) in [7, 11) is 0. The number of nitrogens with zero attached hydrogens (tertiary/aromatic N) is 1. The van der Waals surface area contributed by atoms with E-state index in [9.17, 15) is 18.3 Å². The van der Waals surface area contributed by atoms with Crippen molar-refractivity contribution in [2.24, 2.45) is 0 Å². The van der Waals surface area contributed by atoms with E-state index in [2.05, 4.69) is 9.97 Å². The van der Waals surface area contributed by atoms with Crippen LogP contribution < -0.4 is 0 Å². The fourth-order valence-electron chi connectivity index (χ4n) is 3.67. The van der Waals surface area contributed by atoms with E-state index in [1.165, 1.54) is 0 Å². The molecular weight excluding hydrogens is 389 g/mol. The first-order valence-electron chi connectivity index (χ1n) is 8.89. The third-order valence-electron chi connectivity index (χ3n) is 5.15. The molecule has 0 radical (unpaired) electrons. The van der Waals surface area contributed by atoms with E-state index in [4.69, 9.17) is 11.6 Å². The zero-order valence-corrected chi connectivity index (χ0v) is 16.6. The van der Waals surface area contributed by atoms with Crippen LogP contribution in [0.2, 0.25) is 5.02 Å². The van der Waals surface area contributed by atoms with E-state index in [0.717, 1.165) is 10.9 Å². The number of aryl methyl sites for hydroxylation is 1. The van der Waals surface area contributed by atoms with Crippen molar-refractivity contribution in [1.82, 2.24) is 9.97 Å². The summed E-state index contributed by atoms with van der Waals surface area (Å²) in [5.41, 5.74) is -1.39. The summed E-state index contributed by atoms with van der Waals surface area (Å²) in [5, 5.41) is 12.0. The number of hydrogen-bond donors (Lipinski definition) is 2. The zero-order valence-electron chi connectivity index (χ0n) is 15.9. The Morgan fingerprint density at radius 2 is 1.86 bits per heavy atom. The van der Waals surface area contributed by atoms with Gasteiger partial charge in [0.25, 0.3) is 0 Å². The molecule has 28 heavy (non-hydrogen) atoms. The number of aromatic amines is 1. The Labute approximate surface area is 166 Å². The van der Waals surface area contributed by atoms with Gasteiger partial charge in [0.15, 0.2) is 5.60 Å². The number of aliphatic hydroxyl groups is 1. The Kier molecular flexibility index (Phi) is 5.23. The van der Waals surface area contributed by atoms with Gasteiger partial charge in [0.2, 0.25) is 0 Å². The summed E-state index contributed by atoms with van der Waals surface area (Å²) in [6, 6.07) is 8.36. The van der Waals surface area contributed by atoms with Gasteiger partial charge in [-0.2, -0.15) is 13.2 Å². The summed E-state index contributed by atoms with van der Waals surface area (Å²) in [6.45, 7) is 5.19. The lowest BCUT2D eigenvalue weighted by atomic mass is 9.73. The van der Waals surface area contributed by atoms with Gasteiger partial charge < -0.3 is 10.1 Å². The maximum absolute atomic E-state index is 13.9. The van der Waals surface area contributed by atoms with Crippen molar-refractivity contribution >= 4 is 22.5 Å². The fourth-order valence-corrected chi connectivity index (χ4v) is 3.86. The summed E-state index contributed by atoms with van der Waals surface area (Å²) in [5.74, 6) is 0. The highest BCUT2D eigenvalue weighted by Gasteiger charge is 2.56. The third kappa shape index (κ3) is 4.03. The van der Waals surface area contributed by atoms with Crippen molar-refractivity contribution in [3.8, 4) is 0 Å². The predicted molar refractivity (Wildman–Crippen MR) is 105 cm³/mol. The smallest absolute Gasteiger partial charge is 0.380 e. The number of alkyl halides is 3. The minimum Gasteiger partial charge on any atom is -0.380 e. The molecule has 1 unspecified atom stereocenters. The van der Waals surface area contributed by atoms with Crippen molar-refractivity contribution in [3.05, 3.63) is 64.6 Å². The molecule has 1 atom stereocenters. The number of aromatic nitrogens is 2. The first-order valence-corrected chi connectivity index (χ1v) is 9.26. The van der Waals surface area contributed by atoms with Crippen molar-refractivity contribution < 1.29 is 18.3 Å². The Balaban J connectivity index is 1.97. The van der Waals surface area contributed by atoms with Gasteiger partial charge in [0.1, 0.15) is 0 Å². The molecule has 1 aromatic carbocycles. The van der Waals surface area contributed by atoms with Crippen molar-refractivity contribution in [2.75, 3.05) is 0 Å². The van der Waals surface area contributed by atoms with Crippen LogP contribution in [0.5, 0.6) is 0 Å². The monoisotopic (exact) mass is 410 g/mol. The van der Waals surface area contributed by atoms with Crippen LogP contribution >= 0.6 is 11.6 Å². The van der Waals surface area contributed by atoms with E-state index < -0.39 is 30.0 Å². The van der Waals surface area contributed by atoms with Gasteiger partial charge in [-0.25, -0.2) is 0 Å². The number of H-pyrrole nitrogens is 1. The first-order chi connectivity index (χ1) is 12.9. The molecule has 3 aromatic rings. The molecular formula is C21H22ClF3N2O. The van der Waals surface area contributed by atoms with Gasteiger partial charge in [-0.05, 0) is 48.1 Å². The fraction of sp³-hybridized carbons (Fsp3) is 0.381. The molecule has 0 bridgehead atoms. The van der Waals surface area contributed by atoms with Gasteiger partial charge in [-0.15, -0.1) is 0 Å². The number of nitrogens with one attached hydrogen (secondary N) is 1. The van der Waals surface area contributed by atoms with Crippen LogP contribution in [0.15, 0.2) is 42.7 Å². The van der Waals surface area contributed by atoms with E-state index in [1.807, 2.05) is 6.92 Å². The molecule has 3 rings (SSSR count). The average Bonchev–Trinajstić information content (AvgIpc) is 2.97. The van der Waals surface area contributed by atoms with Gasteiger partial charge >= 0.3 is 6.18 Å². The van der Waals surface area contributed by atoms with Crippen LogP contribution in [-0.2, 0) is 11.8 Å². The second-order valence-corrected chi connectivity index (χ2v) is 8.43. The zero-order chi connectivity index (χ0) is 20.7. The molecule has 0 aliphatic rings. The van der Waals surface area contributed by atoms with Gasteiger partial charge in [0, 0.05) is 28.7 Å².